The van der Waals surface area contributed by atoms with Crippen LogP contribution in [-0.2, 0) is 4.79 Å². The number of alkyl halides is 2. The molecule has 2 saturated carbocycles. The molecule has 0 spiro atoms. The van der Waals surface area contributed by atoms with Crippen molar-refractivity contribution in [1.82, 2.24) is 5.32 Å². The van der Waals surface area contributed by atoms with Crippen molar-refractivity contribution in [3.8, 4) is 0 Å². The maximum atomic E-state index is 13.1. The summed E-state index contributed by atoms with van der Waals surface area (Å²) >= 11 is 0. The molecule has 0 aromatic rings. The minimum atomic E-state index is -2.57. The van der Waals surface area contributed by atoms with Crippen LogP contribution in [0, 0.1) is 11.3 Å². The summed E-state index contributed by atoms with van der Waals surface area (Å²) in [5.74, 6) is -2.87. The van der Waals surface area contributed by atoms with E-state index >= 15 is 0 Å². The maximum absolute atomic E-state index is 13.1. The van der Waals surface area contributed by atoms with E-state index in [-0.39, 0.29) is 30.1 Å². The second-order valence-electron chi connectivity index (χ2n) is 6.61. The maximum Gasteiger partial charge on any atom is 0.248 e. The number of nitrogens with two attached hydrogens (primary N) is 1. The molecule has 20 heavy (non-hydrogen) atoms. The van der Waals surface area contributed by atoms with Crippen molar-refractivity contribution in [2.75, 3.05) is 13.1 Å². The highest BCUT2D eigenvalue weighted by Gasteiger charge is 2.38. The van der Waals surface area contributed by atoms with E-state index in [0.29, 0.717) is 25.9 Å². The zero-order valence-corrected chi connectivity index (χ0v) is 12.1. The van der Waals surface area contributed by atoms with Gasteiger partial charge < -0.3 is 11.1 Å². The van der Waals surface area contributed by atoms with Crippen molar-refractivity contribution >= 4 is 5.91 Å². The second kappa shape index (κ2) is 6.37. The molecule has 2 rings (SSSR count). The Morgan fingerprint density at radius 2 is 1.70 bits per heavy atom. The van der Waals surface area contributed by atoms with Crippen LogP contribution in [0.25, 0.3) is 0 Å². The van der Waals surface area contributed by atoms with Gasteiger partial charge in [0, 0.05) is 25.3 Å². The van der Waals surface area contributed by atoms with Crippen molar-refractivity contribution in [3.05, 3.63) is 0 Å². The Morgan fingerprint density at radius 3 is 2.25 bits per heavy atom. The molecule has 2 fully saturated rings. The SMILES string of the molecule is NCC1(CNC(=O)C2CCC(F)(F)CC2)CCCCC1. The quantitative estimate of drug-likeness (QED) is 0.835. The van der Waals surface area contributed by atoms with Gasteiger partial charge in [-0.2, -0.15) is 0 Å². The van der Waals surface area contributed by atoms with Crippen LogP contribution in [0.5, 0.6) is 0 Å². The van der Waals surface area contributed by atoms with Gasteiger partial charge in [-0.25, -0.2) is 8.78 Å². The normalized spacial score (nSPS) is 26.1. The molecule has 0 unspecified atom stereocenters. The first-order valence-electron chi connectivity index (χ1n) is 7.82. The lowest BCUT2D eigenvalue weighted by atomic mass is 9.74. The molecule has 0 bridgehead atoms. The lowest BCUT2D eigenvalue weighted by molar-refractivity contribution is -0.129. The zero-order chi connectivity index (χ0) is 14.6. The van der Waals surface area contributed by atoms with Gasteiger partial charge in [0.25, 0.3) is 0 Å². The molecule has 116 valence electrons. The van der Waals surface area contributed by atoms with Gasteiger partial charge in [-0.3, -0.25) is 4.79 Å². The van der Waals surface area contributed by atoms with Crippen LogP contribution in [0.2, 0.25) is 0 Å². The number of hydrogen-bond acceptors (Lipinski definition) is 2. The van der Waals surface area contributed by atoms with E-state index in [0.717, 1.165) is 12.8 Å². The predicted molar refractivity (Wildman–Crippen MR) is 74.5 cm³/mol. The monoisotopic (exact) mass is 288 g/mol. The molecule has 3 nitrogen and oxygen atoms in total. The second-order valence-corrected chi connectivity index (χ2v) is 6.61. The van der Waals surface area contributed by atoms with Crippen LogP contribution in [0.1, 0.15) is 57.8 Å². The fourth-order valence-corrected chi connectivity index (χ4v) is 3.48. The van der Waals surface area contributed by atoms with Crippen LogP contribution in [-0.4, -0.2) is 24.9 Å². The minimum Gasteiger partial charge on any atom is -0.355 e. The van der Waals surface area contributed by atoms with E-state index in [1.54, 1.807) is 0 Å². The number of rotatable bonds is 4. The molecule has 0 heterocycles. The van der Waals surface area contributed by atoms with Gasteiger partial charge in [0.2, 0.25) is 11.8 Å². The van der Waals surface area contributed by atoms with Crippen molar-refractivity contribution in [1.29, 1.82) is 0 Å². The number of nitrogens with one attached hydrogen (secondary N) is 1. The van der Waals surface area contributed by atoms with E-state index in [2.05, 4.69) is 5.32 Å². The molecule has 0 atom stereocenters. The third-order valence-corrected chi connectivity index (χ3v) is 5.07. The molecule has 2 aliphatic carbocycles. The number of amides is 1. The number of halogens is 2. The van der Waals surface area contributed by atoms with Crippen molar-refractivity contribution in [3.63, 3.8) is 0 Å². The molecule has 0 aliphatic heterocycles. The fourth-order valence-electron chi connectivity index (χ4n) is 3.48. The molecule has 0 radical (unpaired) electrons. The summed E-state index contributed by atoms with van der Waals surface area (Å²) < 4.78 is 26.2. The summed E-state index contributed by atoms with van der Waals surface area (Å²) in [5.41, 5.74) is 5.92. The Morgan fingerprint density at radius 1 is 1.10 bits per heavy atom. The third kappa shape index (κ3) is 3.90. The van der Waals surface area contributed by atoms with Gasteiger partial charge in [0.05, 0.1) is 0 Å². The zero-order valence-electron chi connectivity index (χ0n) is 12.1. The van der Waals surface area contributed by atoms with Gasteiger partial charge in [-0.1, -0.05) is 19.3 Å². The molecule has 1 amide bonds. The Balaban J connectivity index is 1.80. The Labute approximate surface area is 119 Å². The lowest BCUT2D eigenvalue weighted by Crippen LogP contribution is -2.46. The molecule has 0 saturated heterocycles. The van der Waals surface area contributed by atoms with Gasteiger partial charge in [-0.05, 0) is 37.6 Å². The summed E-state index contributed by atoms with van der Waals surface area (Å²) in [4.78, 5) is 12.1. The number of hydrogen-bond donors (Lipinski definition) is 2. The highest BCUT2D eigenvalue weighted by atomic mass is 19.3. The van der Waals surface area contributed by atoms with Gasteiger partial charge in [0.1, 0.15) is 0 Å². The standard InChI is InChI=1S/C15H26F2N2O/c16-15(17)8-4-12(5-9-15)13(20)19-11-14(10-18)6-2-1-3-7-14/h12H,1-11,18H2,(H,19,20). The van der Waals surface area contributed by atoms with Crippen molar-refractivity contribution < 1.29 is 13.6 Å². The summed E-state index contributed by atoms with van der Waals surface area (Å²) in [5, 5.41) is 2.98. The molecular weight excluding hydrogens is 262 g/mol. The topological polar surface area (TPSA) is 55.1 Å². The van der Waals surface area contributed by atoms with E-state index < -0.39 is 5.92 Å². The summed E-state index contributed by atoms with van der Waals surface area (Å²) in [7, 11) is 0. The van der Waals surface area contributed by atoms with Gasteiger partial charge in [0.15, 0.2) is 0 Å². The van der Waals surface area contributed by atoms with Crippen LogP contribution in [0.15, 0.2) is 0 Å². The van der Waals surface area contributed by atoms with Crippen LogP contribution >= 0.6 is 0 Å². The summed E-state index contributed by atoms with van der Waals surface area (Å²) in [6.45, 7) is 1.20. The largest absolute Gasteiger partial charge is 0.355 e. The van der Waals surface area contributed by atoms with E-state index in [4.69, 9.17) is 5.73 Å². The predicted octanol–water partition coefficient (Wildman–Crippen LogP) is 2.84. The molecule has 2 aliphatic rings. The van der Waals surface area contributed by atoms with Crippen LogP contribution in [0.4, 0.5) is 8.78 Å². The lowest BCUT2D eigenvalue weighted by Gasteiger charge is -2.37. The average molecular weight is 288 g/mol. The molecular formula is C15H26F2N2O. The Hall–Kier alpha value is -0.710. The Kier molecular flexibility index (Phi) is 4.99. The van der Waals surface area contributed by atoms with Gasteiger partial charge in [-0.15, -0.1) is 0 Å². The highest BCUT2D eigenvalue weighted by molar-refractivity contribution is 5.78. The van der Waals surface area contributed by atoms with E-state index in [1.807, 2.05) is 0 Å². The Bertz CT molecular complexity index is 331. The molecule has 5 heteroatoms. The molecule has 3 N–H and O–H groups in total. The average Bonchev–Trinajstić information content (AvgIpc) is 2.46. The summed E-state index contributed by atoms with van der Waals surface area (Å²) in [6, 6.07) is 0. The number of carbonyl (C=O) groups is 1. The first-order chi connectivity index (χ1) is 9.46. The smallest absolute Gasteiger partial charge is 0.248 e. The fraction of sp³-hybridized carbons (Fsp3) is 0.933. The van der Waals surface area contributed by atoms with Crippen molar-refractivity contribution in [2.45, 2.75) is 63.7 Å². The third-order valence-electron chi connectivity index (χ3n) is 5.07. The van der Waals surface area contributed by atoms with Crippen molar-refractivity contribution in [2.24, 2.45) is 17.1 Å². The highest BCUT2D eigenvalue weighted by Crippen LogP contribution is 2.37. The minimum absolute atomic E-state index is 0.0342. The van der Waals surface area contributed by atoms with Gasteiger partial charge >= 0.3 is 0 Å². The van der Waals surface area contributed by atoms with E-state index in [1.165, 1.54) is 19.3 Å². The first kappa shape index (κ1) is 15.7. The first-order valence-corrected chi connectivity index (χ1v) is 7.82. The number of carbonyl (C=O) groups excluding carboxylic acids is 1. The molecule has 0 aromatic heterocycles. The van der Waals surface area contributed by atoms with Crippen LogP contribution < -0.4 is 11.1 Å². The van der Waals surface area contributed by atoms with Crippen LogP contribution in [0.3, 0.4) is 0 Å². The molecule has 0 aromatic carbocycles. The summed E-state index contributed by atoms with van der Waals surface area (Å²) in [6.07, 6.45) is 5.99. The van der Waals surface area contributed by atoms with E-state index in [9.17, 15) is 13.6 Å².